The lowest BCUT2D eigenvalue weighted by Crippen LogP contribution is -2.40. The van der Waals surface area contributed by atoms with Gasteiger partial charge in [0.15, 0.2) is 0 Å². The molecule has 0 saturated heterocycles. The number of carbonyl (C=O) groups is 2. The number of hydrogen-bond donors (Lipinski definition) is 1. The van der Waals surface area contributed by atoms with Gasteiger partial charge in [-0.15, -0.1) is 0 Å². The maximum Gasteiger partial charge on any atom is 0.420 e. The normalized spacial score (nSPS) is 12.9. The highest BCUT2D eigenvalue weighted by Gasteiger charge is 2.35. The number of ether oxygens (including phenoxy) is 2. The Balaban J connectivity index is 1.97. The molecule has 2 aromatic heterocycles. The number of rotatable bonds is 14. The van der Waals surface area contributed by atoms with Gasteiger partial charge < -0.3 is 15.2 Å². The molecule has 234 valence electrons. The standard InChI is InChI=1S/C30H36F4N4O4S/c1-4-5-6-7-8-9-11-20-13-14-22(16-23(20)30(32,33)34)38(29(40)42-18-19(2)24(35)27(39)41-3)28-37-25(26(31)43-28)21-12-10-15-36-17-21/h10,12-17,19,24H,4-9,11,18,35H2,1-3H3. The van der Waals surface area contributed by atoms with Crippen LogP contribution in [0, 0.1) is 11.0 Å². The minimum Gasteiger partial charge on any atom is -0.468 e. The first kappa shape index (κ1) is 33.9. The van der Waals surface area contributed by atoms with Crippen molar-refractivity contribution in [2.24, 2.45) is 11.7 Å². The van der Waals surface area contributed by atoms with Crippen LogP contribution in [0.2, 0.25) is 0 Å². The van der Waals surface area contributed by atoms with E-state index in [-0.39, 0.29) is 35.1 Å². The fraction of sp³-hybridized carbons (Fsp3) is 0.467. The number of aryl methyl sites for hydroxylation is 1. The van der Waals surface area contributed by atoms with E-state index >= 15 is 4.39 Å². The summed E-state index contributed by atoms with van der Waals surface area (Å²) in [7, 11) is 1.16. The number of esters is 1. The molecule has 2 N–H and O–H groups in total. The smallest absolute Gasteiger partial charge is 0.420 e. The zero-order valence-electron chi connectivity index (χ0n) is 24.3. The van der Waals surface area contributed by atoms with Crippen molar-refractivity contribution in [1.29, 1.82) is 0 Å². The maximum absolute atomic E-state index is 15.1. The van der Waals surface area contributed by atoms with E-state index in [0.29, 0.717) is 23.3 Å². The van der Waals surface area contributed by atoms with Gasteiger partial charge in [0, 0.05) is 23.9 Å². The van der Waals surface area contributed by atoms with Crippen LogP contribution in [-0.2, 0) is 26.9 Å². The van der Waals surface area contributed by atoms with Crippen LogP contribution in [0.15, 0.2) is 42.7 Å². The summed E-state index contributed by atoms with van der Waals surface area (Å²) in [5, 5.41) is -1.01. The van der Waals surface area contributed by atoms with E-state index in [9.17, 15) is 22.8 Å². The van der Waals surface area contributed by atoms with Gasteiger partial charge in [-0.3, -0.25) is 9.78 Å². The summed E-state index contributed by atoms with van der Waals surface area (Å²) in [5.41, 5.74) is 5.01. The molecule has 2 atom stereocenters. The lowest BCUT2D eigenvalue weighted by molar-refractivity contribution is -0.143. The van der Waals surface area contributed by atoms with E-state index < -0.39 is 40.9 Å². The van der Waals surface area contributed by atoms with Crippen LogP contribution in [0.25, 0.3) is 11.3 Å². The third kappa shape index (κ3) is 9.20. The molecule has 1 amide bonds. The quantitative estimate of drug-likeness (QED) is 0.111. The highest BCUT2D eigenvalue weighted by Crippen LogP contribution is 2.40. The number of thiazole rings is 1. The van der Waals surface area contributed by atoms with Crippen molar-refractivity contribution in [1.82, 2.24) is 9.97 Å². The molecule has 0 aliphatic heterocycles. The van der Waals surface area contributed by atoms with Gasteiger partial charge in [0.1, 0.15) is 11.7 Å². The van der Waals surface area contributed by atoms with Crippen molar-refractivity contribution >= 4 is 34.2 Å². The Morgan fingerprint density at radius 3 is 2.49 bits per heavy atom. The summed E-state index contributed by atoms with van der Waals surface area (Å²) in [4.78, 5) is 34.2. The molecule has 0 fully saturated rings. The number of nitrogens with two attached hydrogens (primary N) is 1. The SMILES string of the molecule is CCCCCCCCc1ccc(N(C(=O)OCC(C)C(N)C(=O)OC)c2nc(-c3cccnc3)c(F)s2)cc1C(F)(F)F. The predicted molar refractivity (Wildman–Crippen MR) is 156 cm³/mol. The molecule has 0 bridgehead atoms. The summed E-state index contributed by atoms with van der Waals surface area (Å²) in [6, 6.07) is 5.55. The molecular formula is C30H36F4N4O4S. The van der Waals surface area contributed by atoms with Gasteiger partial charge in [0.25, 0.3) is 0 Å². The first-order chi connectivity index (χ1) is 20.5. The van der Waals surface area contributed by atoms with E-state index in [0.717, 1.165) is 50.2 Å². The summed E-state index contributed by atoms with van der Waals surface area (Å²) < 4.78 is 67.8. The van der Waals surface area contributed by atoms with Crippen LogP contribution in [0.3, 0.4) is 0 Å². The minimum atomic E-state index is -4.71. The molecule has 13 heteroatoms. The van der Waals surface area contributed by atoms with Gasteiger partial charge in [-0.05, 0) is 42.7 Å². The molecule has 3 aromatic rings. The van der Waals surface area contributed by atoms with Gasteiger partial charge in [0.05, 0.1) is 25.0 Å². The number of amides is 1. The third-order valence-electron chi connectivity index (χ3n) is 6.90. The number of alkyl halides is 3. The van der Waals surface area contributed by atoms with E-state index in [1.54, 1.807) is 19.1 Å². The van der Waals surface area contributed by atoms with Gasteiger partial charge >= 0.3 is 18.2 Å². The highest BCUT2D eigenvalue weighted by molar-refractivity contribution is 7.14. The van der Waals surface area contributed by atoms with E-state index in [1.807, 2.05) is 0 Å². The summed E-state index contributed by atoms with van der Waals surface area (Å²) >= 11 is 0.470. The second-order valence-corrected chi connectivity index (χ2v) is 11.1. The lowest BCUT2D eigenvalue weighted by Gasteiger charge is -2.24. The van der Waals surface area contributed by atoms with Crippen LogP contribution in [-0.4, -0.2) is 41.8 Å². The van der Waals surface area contributed by atoms with Crippen LogP contribution in [0.4, 0.5) is 33.2 Å². The van der Waals surface area contributed by atoms with Crippen LogP contribution in [0.5, 0.6) is 0 Å². The van der Waals surface area contributed by atoms with Crippen LogP contribution < -0.4 is 10.6 Å². The van der Waals surface area contributed by atoms with Gasteiger partial charge in [-0.2, -0.15) is 17.6 Å². The van der Waals surface area contributed by atoms with Crippen LogP contribution in [0.1, 0.15) is 63.5 Å². The molecule has 2 heterocycles. The monoisotopic (exact) mass is 624 g/mol. The second-order valence-electron chi connectivity index (χ2n) is 10.2. The number of carbonyl (C=O) groups excluding carboxylic acids is 2. The minimum absolute atomic E-state index is 0.0964. The predicted octanol–water partition coefficient (Wildman–Crippen LogP) is 7.68. The largest absolute Gasteiger partial charge is 0.468 e. The molecule has 0 radical (unpaired) electrons. The van der Waals surface area contributed by atoms with Crippen LogP contribution >= 0.6 is 11.3 Å². The summed E-state index contributed by atoms with van der Waals surface area (Å²) in [6.07, 6.45) is 2.78. The number of halogens is 4. The van der Waals surface area contributed by atoms with Gasteiger partial charge in [-0.1, -0.05) is 63.4 Å². The average molecular weight is 625 g/mol. The Bertz CT molecular complexity index is 1350. The molecule has 3 rings (SSSR count). The average Bonchev–Trinajstić information content (AvgIpc) is 3.37. The van der Waals surface area contributed by atoms with Crippen molar-refractivity contribution in [2.45, 2.75) is 71.0 Å². The van der Waals surface area contributed by atoms with E-state index in [1.165, 1.54) is 24.5 Å². The fourth-order valence-electron chi connectivity index (χ4n) is 4.38. The Morgan fingerprint density at radius 2 is 1.84 bits per heavy atom. The van der Waals surface area contributed by atoms with Crippen molar-refractivity contribution < 1.29 is 36.6 Å². The molecule has 0 saturated carbocycles. The third-order valence-corrected chi connectivity index (χ3v) is 7.73. The Morgan fingerprint density at radius 1 is 1.12 bits per heavy atom. The summed E-state index contributed by atoms with van der Waals surface area (Å²) in [5.74, 6) is -1.41. The summed E-state index contributed by atoms with van der Waals surface area (Å²) in [6.45, 7) is 3.27. The molecule has 2 unspecified atom stereocenters. The van der Waals surface area contributed by atoms with Crippen molar-refractivity contribution in [3.63, 3.8) is 0 Å². The Kier molecular flexibility index (Phi) is 12.4. The molecule has 43 heavy (non-hydrogen) atoms. The molecule has 0 aliphatic carbocycles. The van der Waals surface area contributed by atoms with Gasteiger partial charge in [0.2, 0.25) is 10.3 Å². The zero-order chi connectivity index (χ0) is 31.6. The number of benzene rings is 1. The fourth-order valence-corrected chi connectivity index (χ4v) is 5.21. The molecule has 0 aliphatic rings. The number of methoxy groups -OCH3 is 1. The number of pyridine rings is 1. The first-order valence-electron chi connectivity index (χ1n) is 14.0. The van der Waals surface area contributed by atoms with E-state index in [4.69, 9.17) is 10.5 Å². The highest BCUT2D eigenvalue weighted by atomic mass is 32.1. The molecule has 0 spiro atoms. The van der Waals surface area contributed by atoms with Crippen molar-refractivity contribution in [2.75, 3.05) is 18.6 Å². The second kappa shape index (κ2) is 15.8. The number of hydrogen-bond acceptors (Lipinski definition) is 8. The van der Waals surface area contributed by atoms with E-state index in [2.05, 4.69) is 21.6 Å². The van der Waals surface area contributed by atoms with Crippen molar-refractivity contribution in [3.8, 4) is 11.3 Å². The lowest BCUT2D eigenvalue weighted by atomic mass is 9.99. The van der Waals surface area contributed by atoms with Gasteiger partial charge in [-0.25, -0.2) is 14.7 Å². The first-order valence-corrected chi connectivity index (χ1v) is 14.9. The Hall–Kier alpha value is -3.58. The topological polar surface area (TPSA) is 108 Å². The zero-order valence-corrected chi connectivity index (χ0v) is 25.1. The van der Waals surface area contributed by atoms with Crippen molar-refractivity contribution in [3.05, 3.63) is 59.0 Å². The number of aromatic nitrogens is 2. The Labute approximate surface area is 252 Å². The number of anilines is 2. The maximum atomic E-state index is 15.1. The molecule has 8 nitrogen and oxygen atoms in total. The molecular weight excluding hydrogens is 588 g/mol. The number of nitrogens with zero attached hydrogens (tertiary/aromatic N) is 3. The molecule has 1 aromatic carbocycles. The number of unbranched alkanes of at least 4 members (excludes halogenated alkanes) is 5.